The second kappa shape index (κ2) is 6.25. The fourth-order valence-electron chi connectivity index (χ4n) is 1.26. The Morgan fingerprint density at radius 2 is 2.24 bits per heavy atom. The third kappa shape index (κ3) is 3.70. The monoisotopic (exact) mass is 357 g/mol. The van der Waals surface area contributed by atoms with E-state index in [0.717, 1.165) is 11.8 Å². The quantitative estimate of drug-likeness (QED) is 0.650. The molecule has 2 rings (SSSR count). The number of rotatable bonds is 5. The highest BCUT2D eigenvalue weighted by molar-refractivity contribution is 8.01. The minimum absolute atomic E-state index is 0.0678. The molecular formula is C9H6F3N3O3S3. The molecule has 0 radical (unpaired) electrons. The Bertz CT molecular complexity index is 629. The summed E-state index contributed by atoms with van der Waals surface area (Å²) in [4.78, 5) is 13.4. The minimum Gasteiger partial charge on any atom is -0.477 e. The number of hydrogen-bond acceptors (Lipinski definition) is 8. The van der Waals surface area contributed by atoms with E-state index in [1.807, 2.05) is 0 Å². The van der Waals surface area contributed by atoms with Crippen LogP contribution in [0.25, 0.3) is 0 Å². The largest absolute Gasteiger partial charge is 0.477 e. The van der Waals surface area contributed by atoms with Gasteiger partial charge in [0, 0.05) is 7.11 Å². The van der Waals surface area contributed by atoms with Gasteiger partial charge in [0.25, 0.3) is 0 Å². The van der Waals surface area contributed by atoms with Crippen LogP contribution in [0.1, 0.15) is 25.8 Å². The lowest BCUT2D eigenvalue weighted by molar-refractivity contribution is -0.141. The van der Waals surface area contributed by atoms with Gasteiger partial charge in [-0.15, -0.1) is 21.5 Å². The van der Waals surface area contributed by atoms with Crippen LogP contribution in [-0.4, -0.2) is 33.4 Å². The molecule has 2 aromatic heterocycles. The van der Waals surface area contributed by atoms with E-state index in [-0.39, 0.29) is 4.34 Å². The van der Waals surface area contributed by atoms with Gasteiger partial charge in [-0.1, -0.05) is 23.1 Å². The summed E-state index contributed by atoms with van der Waals surface area (Å²) in [5, 5.41) is 16.6. The average Bonchev–Trinajstić information content (AvgIpc) is 3.04. The topological polar surface area (TPSA) is 85.2 Å². The van der Waals surface area contributed by atoms with Gasteiger partial charge in [-0.25, -0.2) is 9.78 Å². The van der Waals surface area contributed by atoms with Crippen molar-refractivity contribution in [2.24, 2.45) is 0 Å². The van der Waals surface area contributed by atoms with Crippen molar-refractivity contribution >= 4 is 40.4 Å². The number of alkyl halides is 3. The fraction of sp³-hybridized carbons (Fsp3) is 0.333. The summed E-state index contributed by atoms with van der Waals surface area (Å²) >= 11 is 2.46. The number of nitrogens with zero attached hydrogens (tertiary/aromatic N) is 3. The first-order valence-electron chi connectivity index (χ1n) is 5.09. The molecule has 0 aliphatic heterocycles. The molecule has 0 spiro atoms. The maximum Gasteiger partial charge on any atom is 0.435 e. The van der Waals surface area contributed by atoms with Gasteiger partial charge in [0.1, 0.15) is 10.4 Å². The second-order valence-corrected chi connectivity index (χ2v) is 6.60. The van der Waals surface area contributed by atoms with Crippen molar-refractivity contribution in [3.05, 3.63) is 21.1 Å². The number of methoxy groups -OCH3 is 1. The molecule has 6 nitrogen and oxygen atoms in total. The van der Waals surface area contributed by atoms with Crippen LogP contribution in [0.5, 0.6) is 0 Å². The third-order valence-electron chi connectivity index (χ3n) is 2.07. The van der Waals surface area contributed by atoms with Crippen molar-refractivity contribution in [1.29, 1.82) is 0 Å². The zero-order valence-corrected chi connectivity index (χ0v) is 12.6. The van der Waals surface area contributed by atoms with Crippen LogP contribution < -0.4 is 0 Å². The summed E-state index contributed by atoms with van der Waals surface area (Å²) < 4.78 is 43.2. The maximum atomic E-state index is 12.7. The number of halogens is 3. The van der Waals surface area contributed by atoms with Gasteiger partial charge in [-0.3, -0.25) is 0 Å². The summed E-state index contributed by atoms with van der Waals surface area (Å²) in [5.74, 6) is -1.67. The van der Waals surface area contributed by atoms with Gasteiger partial charge in [-0.2, -0.15) is 13.2 Å². The molecule has 1 N–H and O–H groups in total. The van der Waals surface area contributed by atoms with E-state index >= 15 is 0 Å². The number of ether oxygens (including phenoxy) is 1. The van der Waals surface area contributed by atoms with Gasteiger partial charge in [0.05, 0.1) is 0 Å². The van der Waals surface area contributed by atoms with E-state index in [1.165, 1.54) is 24.0 Å². The molecule has 12 heteroatoms. The minimum atomic E-state index is -4.83. The van der Waals surface area contributed by atoms with Crippen LogP contribution in [0.2, 0.25) is 0 Å². The Morgan fingerprint density at radius 1 is 1.52 bits per heavy atom. The van der Waals surface area contributed by atoms with Crippen molar-refractivity contribution in [1.82, 2.24) is 15.2 Å². The predicted octanol–water partition coefficient (Wildman–Crippen LogP) is 3.15. The molecular weight excluding hydrogens is 351 g/mol. The molecule has 0 fully saturated rings. The first kappa shape index (κ1) is 16.1. The zero-order valence-electron chi connectivity index (χ0n) is 10.1. The molecule has 1 atom stereocenters. The zero-order chi connectivity index (χ0) is 15.6. The second-order valence-electron chi connectivity index (χ2n) is 3.42. The van der Waals surface area contributed by atoms with Crippen molar-refractivity contribution in [2.45, 2.75) is 16.0 Å². The lowest BCUT2D eigenvalue weighted by atomic mass is 10.3. The lowest BCUT2D eigenvalue weighted by Crippen LogP contribution is -2.11. The number of thioether (sulfide) groups is 1. The standard InChI is InChI=1S/C9H6F3N3O3S3/c1-18-7(5-15-13-2-19-5)21-8-14-4(9(10,11)12)3(20-8)6(16)17/h2,7H,1H3,(H,16,17). The Hall–Kier alpha value is -1.24. The smallest absolute Gasteiger partial charge is 0.435 e. The molecule has 114 valence electrons. The van der Waals surface area contributed by atoms with Crippen LogP contribution in [-0.2, 0) is 10.9 Å². The summed E-state index contributed by atoms with van der Waals surface area (Å²) in [6.45, 7) is 0. The van der Waals surface area contributed by atoms with Crippen molar-refractivity contribution in [3.8, 4) is 0 Å². The van der Waals surface area contributed by atoms with Gasteiger partial charge >= 0.3 is 12.1 Å². The Balaban J connectivity index is 2.30. The van der Waals surface area contributed by atoms with Crippen LogP contribution in [0, 0.1) is 0 Å². The fourth-order valence-corrected chi connectivity index (χ4v) is 4.01. The SMILES string of the molecule is COC(Sc1nc(C(F)(F)F)c(C(=O)O)s1)c1nncs1. The first-order chi connectivity index (χ1) is 9.82. The highest BCUT2D eigenvalue weighted by Crippen LogP contribution is 2.42. The number of carboxylic acids is 1. The molecule has 0 aliphatic carbocycles. The van der Waals surface area contributed by atoms with Crippen LogP contribution >= 0.6 is 34.4 Å². The molecule has 0 amide bonds. The molecule has 0 saturated heterocycles. The summed E-state index contributed by atoms with van der Waals surface area (Å²) in [5.41, 5.74) is -0.658. The summed E-state index contributed by atoms with van der Waals surface area (Å²) in [7, 11) is 1.36. The van der Waals surface area contributed by atoms with Crippen LogP contribution in [0.15, 0.2) is 9.85 Å². The van der Waals surface area contributed by atoms with Gasteiger partial charge in [0.15, 0.2) is 20.5 Å². The number of thiazole rings is 1. The van der Waals surface area contributed by atoms with Gasteiger partial charge < -0.3 is 9.84 Å². The number of hydrogen-bond donors (Lipinski definition) is 1. The van der Waals surface area contributed by atoms with E-state index in [9.17, 15) is 18.0 Å². The van der Waals surface area contributed by atoms with Gasteiger partial charge in [0.2, 0.25) is 0 Å². The predicted molar refractivity (Wildman–Crippen MR) is 69.6 cm³/mol. The number of carboxylic acid groups (broad SMARTS) is 1. The molecule has 21 heavy (non-hydrogen) atoms. The highest BCUT2D eigenvalue weighted by atomic mass is 32.2. The molecule has 0 bridgehead atoms. The summed E-state index contributed by atoms with van der Waals surface area (Å²) in [6.07, 6.45) is -4.83. The normalized spacial score (nSPS) is 13.3. The molecule has 2 heterocycles. The van der Waals surface area contributed by atoms with E-state index in [0.29, 0.717) is 16.3 Å². The maximum absolute atomic E-state index is 12.7. The Labute approximate surface area is 128 Å². The first-order valence-corrected chi connectivity index (χ1v) is 7.67. The highest BCUT2D eigenvalue weighted by Gasteiger charge is 2.40. The van der Waals surface area contributed by atoms with Crippen molar-refractivity contribution in [2.75, 3.05) is 7.11 Å². The summed E-state index contributed by atoms with van der Waals surface area (Å²) in [6, 6.07) is 0. The molecule has 0 aromatic carbocycles. The molecule has 2 aromatic rings. The van der Waals surface area contributed by atoms with Crippen LogP contribution in [0.4, 0.5) is 13.2 Å². The van der Waals surface area contributed by atoms with Crippen molar-refractivity contribution < 1.29 is 27.8 Å². The Kier molecular flexibility index (Phi) is 4.81. The van der Waals surface area contributed by atoms with E-state index < -0.39 is 28.2 Å². The Morgan fingerprint density at radius 3 is 2.67 bits per heavy atom. The molecule has 1 unspecified atom stereocenters. The van der Waals surface area contributed by atoms with E-state index in [4.69, 9.17) is 9.84 Å². The lowest BCUT2D eigenvalue weighted by Gasteiger charge is -2.08. The van der Waals surface area contributed by atoms with E-state index in [2.05, 4.69) is 15.2 Å². The molecule has 0 saturated carbocycles. The number of aromatic nitrogens is 3. The number of carbonyl (C=O) groups is 1. The van der Waals surface area contributed by atoms with Gasteiger partial charge in [-0.05, 0) is 0 Å². The third-order valence-corrected chi connectivity index (χ3v) is 5.26. The van der Waals surface area contributed by atoms with Crippen LogP contribution in [0.3, 0.4) is 0 Å². The molecule has 0 aliphatic rings. The van der Waals surface area contributed by atoms with Crippen molar-refractivity contribution in [3.63, 3.8) is 0 Å². The van der Waals surface area contributed by atoms with E-state index in [1.54, 1.807) is 0 Å². The number of aromatic carboxylic acids is 1. The average molecular weight is 357 g/mol.